The SMILES string of the molecule is CCCc1nc(C(=O)N2CCC(C(C)C)CC2)n[nH]1. The molecule has 106 valence electrons. The van der Waals surface area contributed by atoms with Crippen LogP contribution in [-0.2, 0) is 6.42 Å². The lowest BCUT2D eigenvalue weighted by atomic mass is 9.87. The summed E-state index contributed by atoms with van der Waals surface area (Å²) >= 11 is 0. The molecule has 5 nitrogen and oxygen atoms in total. The second-order valence-corrected chi connectivity index (χ2v) is 5.73. The first-order valence-corrected chi connectivity index (χ1v) is 7.32. The van der Waals surface area contributed by atoms with Gasteiger partial charge in [0.1, 0.15) is 5.82 Å². The van der Waals surface area contributed by atoms with Gasteiger partial charge >= 0.3 is 0 Å². The summed E-state index contributed by atoms with van der Waals surface area (Å²) in [7, 11) is 0. The number of aromatic nitrogens is 3. The molecule has 0 bridgehead atoms. The summed E-state index contributed by atoms with van der Waals surface area (Å²) in [5.74, 6) is 2.55. The van der Waals surface area contributed by atoms with Crippen molar-refractivity contribution in [1.29, 1.82) is 0 Å². The maximum atomic E-state index is 12.3. The van der Waals surface area contributed by atoms with E-state index in [1.54, 1.807) is 0 Å². The Labute approximate surface area is 114 Å². The van der Waals surface area contributed by atoms with Crippen LogP contribution in [0.1, 0.15) is 56.5 Å². The summed E-state index contributed by atoms with van der Waals surface area (Å²) in [5, 5.41) is 6.88. The monoisotopic (exact) mass is 264 g/mol. The molecule has 1 amide bonds. The van der Waals surface area contributed by atoms with Gasteiger partial charge in [-0.2, -0.15) is 0 Å². The van der Waals surface area contributed by atoms with Crippen LogP contribution in [0.25, 0.3) is 0 Å². The quantitative estimate of drug-likeness (QED) is 0.907. The summed E-state index contributed by atoms with van der Waals surface area (Å²) < 4.78 is 0. The number of hydrogen-bond acceptors (Lipinski definition) is 3. The topological polar surface area (TPSA) is 61.9 Å². The lowest BCUT2D eigenvalue weighted by Gasteiger charge is -2.33. The zero-order chi connectivity index (χ0) is 13.8. The number of carbonyl (C=O) groups excluding carboxylic acids is 1. The first kappa shape index (κ1) is 14.0. The van der Waals surface area contributed by atoms with Crippen LogP contribution in [0.3, 0.4) is 0 Å². The molecule has 0 aromatic carbocycles. The smallest absolute Gasteiger partial charge is 0.293 e. The summed E-state index contributed by atoms with van der Waals surface area (Å²) in [5.41, 5.74) is 0. The Morgan fingerprint density at radius 1 is 1.42 bits per heavy atom. The highest BCUT2D eigenvalue weighted by molar-refractivity contribution is 5.90. The van der Waals surface area contributed by atoms with Gasteiger partial charge in [-0.05, 0) is 31.1 Å². The predicted molar refractivity (Wildman–Crippen MR) is 73.8 cm³/mol. The largest absolute Gasteiger partial charge is 0.336 e. The van der Waals surface area contributed by atoms with Crippen molar-refractivity contribution < 1.29 is 4.79 Å². The van der Waals surface area contributed by atoms with Gasteiger partial charge in [-0.3, -0.25) is 9.89 Å². The van der Waals surface area contributed by atoms with Crippen LogP contribution >= 0.6 is 0 Å². The molecule has 1 N–H and O–H groups in total. The lowest BCUT2D eigenvalue weighted by Crippen LogP contribution is -2.40. The van der Waals surface area contributed by atoms with Gasteiger partial charge in [-0.25, -0.2) is 4.98 Å². The predicted octanol–water partition coefficient (Wildman–Crippen LogP) is 2.27. The third-order valence-electron chi connectivity index (χ3n) is 3.98. The van der Waals surface area contributed by atoms with Gasteiger partial charge in [0, 0.05) is 19.5 Å². The number of nitrogens with one attached hydrogen (secondary N) is 1. The molecule has 0 atom stereocenters. The summed E-state index contributed by atoms with van der Waals surface area (Å²) in [6.45, 7) is 8.27. The molecule has 1 fully saturated rings. The van der Waals surface area contributed by atoms with Crippen LogP contribution in [0.15, 0.2) is 0 Å². The van der Waals surface area contributed by atoms with Gasteiger partial charge in [-0.1, -0.05) is 20.8 Å². The molecule has 1 aliphatic heterocycles. The number of aryl methyl sites for hydroxylation is 1. The fraction of sp³-hybridized carbons (Fsp3) is 0.786. The maximum Gasteiger partial charge on any atom is 0.293 e. The van der Waals surface area contributed by atoms with Crippen LogP contribution in [-0.4, -0.2) is 39.1 Å². The van der Waals surface area contributed by atoms with Crippen LogP contribution in [0.2, 0.25) is 0 Å². The zero-order valence-electron chi connectivity index (χ0n) is 12.1. The van der Waals surface area contributed by atoms with E-state index in [0.29, 0.717) is 11.7 Å². The molecule has 2 rings (SSSR count). The summed E-state index contributed by atoms with van der Waals surface area (Å²) in [6.07, 6.45) is 4.03. The highest BCUT2D eigenvalue weighted by Crippen LogP contribution is 2.24. The van der Waals surface area contributed by atoms with E-state index < -0.39 is 0 Å². The molecule has 0 spiro atoms. The highest BCUT2D eigenvalue weighted by atomic mass is 16.2. The van der Waals surface area contributed by atoms with Crippen LogP contribution in [0.4, 0.5) is 0 Å². The Bertz CT molecular complexity index is 419. The van der Waals surface area contributed by atoms with Gasteiger partial charge in [0.05, 0.1) is 0 Å². The fourth-order valence-electron chi connectivity index (χ4n) is 2.65. The number of likely N-dealkylation sites (tertiary alicyclic amines) is 1. The van der Waals surface area contributed by atoms with Gasteiger partial charge in [-0.15, -0.1) is 5.10 Å². The second-order valence-electron chi connectivity index (χ2n) is 5.73. The normalized spacial score (nSPS) is 17.2. The zero-order valence-corrected chi connectivity index (χ0v) is 12.1. The van der Waals surface area contributed by atoms with E-state index in [0.717, 1.165) is 50.5 Å². The van der Waals surface area contributed by atoms with E-state index in [2.05, 4.69) is 36.0 Å². The average molecular weight is 264 g/mol. The Morgan fingerprint density at radius 2 is 2.11 bits per heavy atom. The minimum atomic E-state index is -0.0270. The van der Waals surface area contributed by atoms with Crippen molar-refractivity contribution in [3.63, 3.8) is 0 Å². The van der Waals surface area contributed by atoms with Crippen LogP contribution < -0.4 is 0 Å². The molecule has 0 aliphatic carbocycles. The van der Waals surface area contributed by atoms with Gasteiger partial charge in [0.15, 0.2) is 0 Å². The van der Waals surface area contributed by atoms with E-state index in [4.69, 9.17) is 0 Å². The van der Waals surface area contributed by atoms with E-state index in [9.17, 15) is 4.79 Å². The first-order chi connectivity index (χ1) is 9.11. The van der Waals surface area contributed by atoms with Crippen molar-refractivity contribution in [1.82, 2.24) is 20.1 Å². The van der Waals surface area contributed by atoms with Gasteiger partial charge in [0.25, 0.3) is 5.91 Å². The number of amides is 1. The molecule has 19 heavy (non-hydrogen) atoms. The Kier molecular flexibility index (Phi) is 4.56. The number of hydrogen-bond donors (Lipinski definition) is 1. The average Bonchev–Trinajstić information content (AvgIpc) is 2.87. The van der Waals surface area contributed by atoms with Crippen molar-refractivity contribution in [2.45, 2.75) is 46.5 Å². The first-order valence-electron chi connectivity index (χ1n) is 7.32. The van der Waals surface area contributed by atoms with Crippen LogP contribution in [0, 0.1) is 11.8 Å². The number of carbonyl (C=O) groups is 1. The summed E-state index contributed by atoms with van der Waals surface area (Å²) in [6, 6.07) is 0. The van der Waals surface area contributed by atoms with Crippen molar-refractivity contribution in [3.8, 4) is 0 Å². The maximum absolute atomic E-state index is 12.3. The molecular formula is C14H24N4O. The minimum Gasteiger partial charge on any atom is -0.336 e. The molecule has 1 aromatic heterocycles. The number of rotatable bonds is 4. The molecule has 2 heterocycles. The van der Waals surface area contributed by atoms with E-state index in [1.165, 1.54) is 0 Å². The number of piperidine rings is 1. The van der Waals surface area contributed by atoms with E-state index in [-0.39, 0.29) is 5.91 Å². The fourth-order valence-corrected chi connectivity index (χ4v) is 2.65. The number of H-pyrrole nitrogens is 1. The van der Waals surface area contributed by atoms with Crippen LogP contribution in [0.5, 0.6) is 0 Å². The number of nitrogens with zero attached hydrogens (tertiary/aromatic N) is 3. The Balaban J connectivity index is 1.93. The third-order valence-corrected chi connectivity index (χ3v) is 3.98. The molecule has 0 saturated carbocycles. The molecule has 5 heteroatoms. The minimum absolute atomic E-state index is 0.0270. The number of aromatic amines is 1. The van der Waals surface area contributed by atoms with Gasteiger partial charge in [0.2, 0.25) is 5.82 Å². The molecular weight excluding hydrogens is 240 g/mol. The van der Waals surface area contributed by atoms with E-state index in [1.807, 2.05) is 4.90 Å². The second kappa shape index (κ2) is 6.17. The van der Waals surface area contributed by atoms with Crippen molar-refractivity contribution in [3.05, 3.63) is 11.6 Å². The van der Waals surface area contributed by atoms with Crippen molar-refractivity contribution >= 4 is 5.91 Å². The Morgan fingerprint density at radius 3 is 2.68 bits per heavy atom. The van der Waals surface area contributed by atoms with E-state index >= 15 is 0 Å². The van der Waals surface area contributed by atoms with Crippen molar-refractivity contribution in [2.75, 3.05) is 13.1 Å². The Hall–Kier alpha value is -1.39. The van der Waals surface area contributed by atoms with Gasteiger partial charge < -0.3 is 4.90 Å². The third kappa shape index (κ3) is 3.33. The summed E-state index contributed by atoms with van der Waals surface area (Å²) in [4.78, 5) is 18.4. The standard InChI is InChI=1S/C14H24N4O/c1-4-5-12-15-13(17-16-12)14(19)18-8-6-11(7-9-18)10(2)3/h10-11H,4-9H2,1-3H3,(H,15,16,17). The van der Waals surface area contributed by atoms with Crippen molar-refractivity contribution in [2.24, 2.45) is 11.8 Å². The highest BCUT2D eigenvalue weighted by Gasteiger charge is 2.27. The molecule has 0 radical (unpaired) electrons. The molecule has 1 aromatic rings. The molecule has 0 unspecified atom stereocenters. The lowest BCUT2D eigenvalue weighted by molar-refractivity contribution is 0.0656. The molecule has 1 saturated heterocycles. The molecule has 1 aliphatic rings.